The lowest BCUT2D eigenvalue weighted by atomic mass is 9.90. The zero-order chi connectivity index (χ0) is 14.2. The highest BCUT2D eigenvalue weighted by Gasteiger charge is 2.32. The van der Waals surface area contributed by atoms with Crippen LogP contribution in [0.5, 0.6) is 0 Å². The molecule has 2 aromatic heterocycles. The van der Waals surface area contributed by atoms with E-state index < -0.39 is 0 Å². The van der Waals surface area contributed by atoms with Crippen molar-refractivity contribution in [3.05, 3.63) is 29.3 Å². The Hall–Kier alpha value is -1.17. The fourth-order valence-corrected chi connectivity index (χ4v) is 3.69. The van der Waals surface area contributed by atoms with E-state index in [-0.39, 0.29) is 5.41 Å². The Balaban J connectivity index is 1.79. The first-order valence-corrected chi connectivity index (χ1v) is 7.96. The molecule has 3 heterocycles. The van der Waals surface area contributed by atoms with Crippen LogP contribution in [0.25, 0.3) is 10.6 Å². The van der Waals surface area contributed by atoms with Crippen LogP contribution >= 0.6 is 11.3 Å². The number of rotatable bonds is 4. The molecule has 3 rings (SSSR count). The topological polar surface area (TPSA) is 47.1 Å². The summed E-state index contributed by atoms with van der Waals surface area (Å²) in [4.78, 5) is 3.75. The normalized spacial score (nSPS) is 23.6. The van der Waals surface area contributed by atoms with E-state index in [9.17, 15) is 0 Å². The summed E-state index contributed by atoms with van der Waals surface area (Å²) in [6.45, 7) is 6.25. The SMILES string of the molecule is Cn1cc(CN2CCC(C)(CN)C2)c(-c2cccs2)n1. The average Bonchev–Trinajstić information content (AvgIpc) is 3.11. The van der Waals surface area contributed by atoms with Gasteiger partial charge in [-0.25, -0.2) is 0 Å². The van der Waals surface area contributed by atoms with Crippen LogP contribution in [0, 0.1) is 5.41 Å². The Morgan fingerprint density at radius 1 is 1.50 bits per heavy atom. The van der Waals surface area contributed by atoms with Crippen molar-refractivity contribution < 1.29 is 0 Å². The van der Waals surface area contributed by atoms with Gasteiger partial charge in [0.05, 0.1) is 4.88 Å². The maximum atomic E-state index is 5.89. The number of hydrogen-bond acceptors (Lipinski definition) is 4. The summed E-state index contributed by atoms with van der Waals surface area (Å²) in [6.07, 6.45) is 3.34. The molecule has 2 N–H and O–H groups in total. The van der Waals surface area contributed by atoms with E-state index in [0.29, 0.717) is 0 Å². The lowest BCUT2D eigenvalue weighted by molar-refractivity contribution is 0.274. The fourth-order valence-electron chi connectivity index (χ4n) is 2.94. The predicted molar refractivity (Wildman–Crippen MR) is 83.6 cm³/mol. The van der Waals surface area contributed by atoms with Gasteiger partial charge >= 0.3 is 0 Å². The van der Waals surface area contributed by atoms with Gasteiger partial charge in [-0.2, -0.15) is 5.10 Å². The van der Waals surface area contributed by atoms with Gasteiger partial charge in [-0.1, -0.05) is 13.0 Å². The molecule has 2 aromatic rings. The van der Waals surface area contributed by atoms with Crippen LogP contribution in [0.3, 0.4) is 0 Å². The molecule has 4 nitrogen and oxygen atoms in total. The lowest BCUT2D eigenvalue weighted by Gasteiger charge is -2.22. The Morgan fingerprint density at radius 3 is 3.00 bits per heavy atom. The molecule has 1 aliphatic heterocycles. The number of aryl methyl sites for hydroxylation is 1. The van der Waals surface area contributed by atoms with Gasteiger partial charge in [0.1, 0.15) is 5.69 Å². The fraction of sp³-hybridized carbons (Fsp3) is 0.533. The minimum absolute atomic E-state index is 0.283. The molecule has 1 saturated heterocycles. The molecule has 1 fully saturated rings. The molecule has 0 spiro atoms. The second kappa shape index (κ2) is 5.31. The number of aromatic nitrogens is 2. The van der Waals surface area contributed by atoms with Crippen LogP contribution in [0.2, 0.25) is 0 Å². The van der Waals surface area contributed by atoms with Crippen molar-refractivity contribution in [1.29, 1.82) is 0 Å². The minimum Gasteiger partial charge on any atom is -0.330 e. The molecule has 1 atom stereocenters. The molecular weight excluding hydrogens is 268 g/mol. The first-order chi connectivity index (χ1) is 9.59. The smallest absolute Gasteiger partial charge is 0.107 e. The Labute approximate surface area is 124 Å². The number of thiophene rings is 1. The number of nitrogens with zero attached hydrogens (tertiary/aromatic N) is 3. The Kier molecular flexibility index (Phi) is 3.67. The van der Waals surface area contributed by atoms with Gasteiger partial charge in [-0.3, -0.25) is 9.58 Å². The summed E-state index contributed by atoms with van der Waals surface area (Å²) in [5, 5.41) is 6.73. The highest BCUT2D eigenvalue weighted by molar-refractivity contribution is 7.13. The molecule has 0 aliphatic carbocycles. The zero-order valence-electron chi connectivity index (χ0n) is 12.2. The van der Waals surface area contributed by atoms with Gasteiger partial charge < -0.3 is 5.73 Å². The Bertz CT molecular complexity index is 575. The Morgan fingerprint density at radius 2 is 2.35 bits per heavy atom. The maximum absolute atomic E-state index is 5.89. The number of likely N-dealkylation sites (tertiary alicyclic amines) is 1. The van der Waals surface area contributed by atoms with Gasteiger partial charge in [0.15, 0.2) is 0 Å². The van der Waals surface area contributed by atoms with Crippen LogP contribution in [-0.4, -0.2) is 34.3 Å². The molecule has 0 aromatic carbocycles. The molecule has 1 aliphatic rings. The van der Waals surface area contributed by atoms with Gasteiger partial charge in [0, 0.05) is 31.9 Å². The predicted octanol–water partition coefficient (Wildman–Crippen LogP) is 2.32. The van der Waals surface area contributed by atoms with Crippen LogP contribution in [-0.2, 0) is 13.6 Å². The second-order valence-electron chi connectivity index (χ2n) is 6.13. The summed E-state index contributed by atoms with van der Waals surface area (Å²) in [5.74, 6) is 0. The second-order valence-corrected chi connectivity index (χ2v) is 7.08. The first-order valence-electron chi connectivity index (χ1n) is 7.08. The van der Waals surface area contributed by atoms with E-state index in [1.54, 1.807) is 11.3 Å². The third-order valence-corrected chi connectivity index (χ3v) is 5.06. The van der Waals surface area contributed by atoms with Crippen molar-refractivity contribution in [2.45, 2.75) is 19.9 Å². The monoisotopic (exact) mass is 290 g/mol. The third kappa shape index (κ3) is 2.66. The van der Waals surface area contributed by atoms with Crippen LogP contribution in [0.4, 0.5) is 0 Å². The summed E-state index contributed by atoms with van der Waals surface area (Å²) in [6, 6.07) is 4.23. The summed E-state index contributed by atoms with van der Waals surface area (Å²) < 4.78 is 1.92. The van der Waals surface area contributed by atoms with Crippen molar-refractivity contribution in [2.24, 2.45) is 18.2 Å². The third-order valence-electron chi connectivity index (χ3n) is 4.18. The molecule has 0 bridgehead atoms. The van der Waals surface area contributed by atoms with Gasteiger partial charge in [-0.15, -0.1) is 11.3 Å². The van der Waals surface area contributed by atoms with Crippen molar-refractivity contribution in [1.82, 2.24) is 14.7 Å². The summed E-state index contributed by atoms with van der Waals surface area (Å²) in [5.41, 5.74) is 8.62. The molecule has 0 amide bonds. The minimum atomic E-state index is 0.283. The van der Waals surface area contributed by atoms with Gasteiger partial charge in [0.25, 0.3) is 0 Å². The van der Waals surface area contributed by atoms with E-state index >= 15 is 0 Å². The maximum Gasteiger partial charge on any atom is 0.107 e. The molecule has 0 radical (unpaired) electrons. The molecule has 5 heteroatoms. The van der Waals surface area contributed by atoms with E-state index in [2.05, 4.69) is 40.6 Å². The zero-order valence-corrected chi connectivity index (χ0v) is 13.0. The van der Waals surface area contributed by atoms with Crippen LogP contribution in [0.1, 0.15) is 18.9 Å². The lowest BCUT2D eigenvalue weighted by Crippen LogP contribution is -2.31. The average molecular weight is 290 g/mol. The van der Waals surface area contributed by atoms with E-state index in [0.717, 1.165) is 31.9 Å². The van der Waals surface area contributed by atoms with Crippen molar-refractivity contribution in [2.75, 3.05) is 19.6 Å². The molecular formula is C15H22N4S. The summed E-state index contributed by atoms with van der Waals surface area (Å²) in [7, 11) is 1.99. The van der Waals surface area contributed by atoms with Crippen LogP contribution < -0.4 is 5.73 Å². The highest BCUT2D eigenvalue weighted by Crippen LogP contribution is 2.32. The van der Waals surface area contributed by atoms with Gasteiger partial charge in [0.2, 0.25) is 0 Å². The van der Waals surface area contributed by atoms with E-state index in [1.165, 1.54) is 16.9 Å². The molecule has 20 heavy (non-hydrogen) atoms. The largest absolute Gasteiger partial charge is 0.330 e. The van der Waals surface area contributed by atoms with Crippen molar-refractivity contribution in [3.63, 3.8) is 0 Å². The molecule has 1 unspecified atom stereocenters. The van der Waals surface area contributed by atoms with E-state index in [4.69, 9.17) is 5.73 Å². The number of hydrogen-bond donors (Lipinski definition) is 1. The quantitative estimate of drug-likeness (QED) is 0.940. The van der Waals surface area contributed by atoms with E-state index in [1.807, 2.05) is 11.7 Å². The highest BCUT2D eigenvalue weighted by atomic mass is 32.1. The number of nitrogens with two attached hydrogens (primary N) is 1. The van der Waals surface area contributed by atoms with Crippen LogP contribution in [0.15, 0.2) is 23.7 Å². The first kappa shape index (κ1) is 13.8. The van der Waals surface area contributed by atoms with Crippen molar-refractivity contribution >= 4 is 11.3 Å². The standard InChI is InChI=1S/C15H22N4S/c1-15(10-16)5-6-19(11-15)9-12-8-18(2)17-14(12)13-4-3-7-20-13/h3-4,7-8H,5-6,9-11,16H2,1-2H3. The van der Waals surface area contributed by atoms with Gasteiger partial charge in [-0.05, 0) is 36.4 Å². The molecule has 0 saturated carbocycles. The summed E-state index contributed by atoms with van der Waals surface area (Å²) >= 11 is 1.75. The molecule has 108 valence electrons. The van der Waals surface area contributed by atoms with Crippen molar-refractivity contribution in [3.8, 4) is 10.6 Å².